The molecule has 0 aromatic carbocycles. The number of aliphatic hydroxyl groups excluding tert-OH is 2. The lowest BCUT2D eigenvalue weighted by Crippen LogP contribution is -2.44. The number of nitrogens with zero attached hydrogens (tertiary/aromatic N) is 4. The summed E-state index contributed by atoms with van der Waals surface area (Å²) in [5.41, 5.74) is -0.127. The standard InChI is InChI=1S/C10H10N4O5/c15-2-5-4(16)1-6(19-5)14-8-7(13-10(14)18)9(17)12-3-11-8/h3-6,15-16H,1-2H2/t4-,5+,6+/m0/s1. The van der Waals surface area contributed by atoms with Gasteiger partial charge in [-0.2, -0.15) is 9.98 Å². The second-order valence-electron chi connectivity index (χ2n) is 4.23. The quantitative estimate of drug-likeness (QED) is 0.616. The molecule has 3 amide bonds. The molecule has 0 unspecified atom stereocenters. The number of aliphatic hydroxyl groups is 2. The molecule has 3 rings (SSSR count). The molecule has 3 heterocycles. The van der Waals surface area contributed by atoms with Crippen LogP contribution in [0.5, 0.6) is 0 Å². The van der Waals surface area contributed by atoms with E-state index in [2.05, 4.69) is 15.0 Å². The van der Waals surface area contributed by atoms with E-state index in [0.717, 1.165) is 11.2 Å². The number of rotatable bonds is 2. The molecule has 0 aliphatic carbocycles. The lowest BCUT2D eigenvalue weighted by atomic mass is 10.2. The fraction of sp³-hybridized carbons (Fsp3) is 0.500. The van der Waals surface area contributed by atoms with Gasteiger partial charge in [0.1, 0.15) is 18.7 Å². The van der Waals surface area contributed by atoms with E-state index in [9.17, 15) is 14.7 Å². The highest BCUT2D eigenvalue weighted by atomic mass is 16.5. The molecule has 0 aromatic rings. The minimum atomic E-state index is -0.889. The number of ether oxygens (including phenoxy) is 1. The predicted molar refractivity (Wildman–Crippen MR) is 62.0 cm³/mol. The second kappa shape index (κ2) is 4.30. The normalized spacial score (nSPS) is 33.6. The Morgan fingerprint density at radius 2 is 2.26 bits per heavy atom. The lowest BCUT2D eigenvalue weighted by molar-refractivity contribution is -0.111. The van der Waals surface area contributed by atoms with E-state index in [1.165, 1.54) is 0 Å². The highest BCUT2D eigenvalue weighted by Gasteiger charge is 2.46. The molecule has 100 valence electrons. The van der Waals surface area contributed by atoms with Gasteiger partial charge in [-0.05, 0) is 0 Å². The summed E-state index contributed by atoms with van der Waals surface area (Å²) in [6.07, 6.45) is -1.31. The van der Waals surface area contributed by atoms with Gasteiger partial charge < -0.3 is 14.9 Å². The first-order chi connectivity index (χ1) is 9.11. The summed E-state index contributed by atoms with van der Waals surface area (Å²) in [7, 11) is 0. The van der Waals surface area contributed by atoms with Crippen molar-refractivity contribution in [2.45, 2.75) is 24.9 Å². The van der Waals surface area contributed by atoms with Crippen LogP contribution in [0.1, 0.15) is 6.42 Å². The number of amidine groups is 1. The van der Waals surface area contributed by atoms with Crippen molar-refractivity contribution in [3.63, 3.8) is 0 Å². The average Bonchev–Trinajstić information content (AvgIpc) is 2.90. The Morgan fingerprint density at radius 3 is 2.95 bits per heavy atom. The maximum Gasteiger partial charge on any atom is 0.352 e. The Hall–Kier alpha value is -1.97. The van der Waals surface area contributed by atoms with Crippen molar-refractivity contribution in [1.29, 1.82) is 0 Å². The Kier molecular flexibility index (Phi) is 2.73. The largest absolute Gasteiger partial charge is 0.394 e. The van der Waals surface area contributed by atoms with Crippen LogP contribution in [-0.2, 0) is 9.53 Å². The number of amides is 3. The van der Waals surface area contributed by atoms with E-state index in [-0.39, 0.29) is 24.6 Å². The molecule has 3 aliphatic rings. The van der Waals surface area contributed by atoms with Crippen LogP contribution in [0.25, 0.3) is 0 Å². The third kappa shape index (κ3) is 1.79. The van der Waals surface area contributed by atoms with E-state index < -0.39 is 30.4 Å². The van der Waals surface area contributed by atoms with Crippen molar-refractivity contribution in [2.24, 2.45) is 15.0 Å². The van der Waals surface area contributed by atoms with Crippen molar-refractivity contribution in [2.75, 3.05) is 6.61 Å². The van der Waals surface area contributed by atoms with Gasteiger partial charge in [-0.3, -0.25) is 4.79 Å². The van der Waals surface area contributed by atoms with Crippen molar-refractivity contribution >= 4 is 29.8 Å². The van der Waals surface area contributed by atoms with Crippen molar-refractivity contribution in [3.05, 3.63) is 0 Å². The van der Waals surface area contributed by atoms with Crippen LogP contribution in [0.3, 0.4) is 0 Å². The number of aliphatic imine (C=N–C) groups is 3. The highest BCUT2D eigenvalue weighted by molar-refractivity contribution is 6.71. The number of urea groups is 1. The van der Waals surface area contributed by atoms with Crippen LogP contribution in [0.15, 0.2) is 15.0 Å². The SMILES string of the molecule is O=C1N=CN=C2C1=NC(=O)N2[C@H]1C[C@H](O)[C@@H](CO)O1. The van der Waals surface area contributed by atoms with Gasteiger partial charge in [-0.25, -0.2) is 14.7 Å². The molecule has 1 saturated heterocycles. The number of carbonyl (C=O) groups is 2. The summed E-state index contributed by atoms with van der Waals surface area (Å²) >= 11 is 0. The van der Waals surface area contributed by atoms with Gasteiger partial charge in [0, 0.05) is 6.42 Å². The Balaban J connectivity index is 1.87. The third-order valence-electron chi connectivity index (χ3n) is 3.08. The lowest BCUT2D eigenvalue weighted by Gasteiger charge is -2.23. The summed E-state index contributed by atoms with van der Waals surface area (Å²) in [6.45, 7) is -0.361. The first kappa shape index (κ1) is 12.1. The molecular formula is C10H10N4O5. The van der Waals surface area contributed by atoms with Crippen LogP contribution in [-0.4, -0.2) is 70.0 Å². The molecule has 0 radical (unpaired) electrons. The van der Waals surface area contributed by atoms with Gasteiger partial charge in [-0.1, -0.05) is 0 Å². The number of carbonyl (C=O) groups excluding carboxylic acids is 2. The van der Waals surface area contributed by atoms with E-state index in [0.29, 0.717) is 0 Å². The second-order valence-corrected chi connectivity index (χ2v) is 4.23. The van der Waals surface area contributed by atoms with Gasteiger partial charge in [0.2, 0.25) is 0 Å². The molecule has 9 nitrogen and oxygen atoms in total. The number of fused-ring (bicyclic) bond motifs is 1. The molecule has 9 heteroatoms. The minimum absolute atomic E-state index is 0.0702. The van der Waals surface area contributed by atoms with E-state index >= 15 is 0 Å². The molecule has 2 N–H and O–H groups in total. The monoisotopic (exact) mass is 266 g/mol. The van der Waals surface area contributed by atoms with E-state index in [4.69, 9.17) is 9.84 Å². The first-order valence-electron chi connectivity index (χ1n) is 5.63. The fourth-order valence-corrected chi connectivity index (χ4v) is 2.17. The number of hydrogen-bond donors (Lipinski definition) is 2. The Labute approximate surface area is 106 Å². The summed E-state index contributed by atoms with van der Waals surface area (Å²) in [4.78, 5) is 35.2. The van der Waals surface area contributed by atoms with Gasteiger partial charge in [0.25, 0.3) is 0 Å². The molecule has 0 saturated carbocycles. The van der Waals surface area contributed by atoms with Gasteiger partial charge in [0.15, 0.2) is 11.5 Å². The predicted octanol–water partition coefficient (Wildman–Crippen LogP) is -1.70. The number of hydrogen-bond acceptors (Lipinski definition) is 6. The summed E-state index contributed by atoms with van der Waals surface area (Å²) in [6, 6.07) is -0.691. The van der Waals surface area contributed by atoms with Gasteiger partial charge >= 0.3 is 11.9 Å². The zero-order valence-corrected chi connectivity index (χ0v) is 9.63. The average molecular weight is 266 g/mol. The smallest absolute Gasteiger partial charge is 0.352 e. The summed E-state index contributed by atoms with van der Waals surface area (Å²) in [5.74, 6) is -0.570. The van der Waals surface area contributed by atoms with Crippen molar-refractivity contribution in [1.82, 2.24) is 4.90 Å². The highest BCUT2D eigenvalue weighted by Crippen LogP contribution is 2.27. The summed E-state index contributed by atoms with van der Waals surface area (Å²) in [5, 5.41) is 18.7. The molecule has 1 fully saturated rings. The Bertz CT molecular complexity index is 540. The van der Waals surface area contributed by atoms with Crippen LogP contribution >= 0.6 is 0 Å². The van der Waals surface area contributed by atoms with E-state index in [1.807, 2.05) is 0 Å². The zero-order valence-electron chi connectivity index (χ0n) is 9.63. The van der Waals surface area contributed by atoms with Crippen LogP contribution in [0.4, 0.5) is 4.79 Å². The molecule has 0 aromatic heterocycles. The summed E-state index contributed by atoms with van der Waals surface area (Å²) < 4.78 is 5.36. The molecule has 3 atom stereocenters. The Morgan fingerprint density at radius 1 is 1.47 bits per heavy atom. The van der Waals surface area contributed by atoms with Crippen LogP contribution in [0.2, 0.25) is 0 Å². The maximum atomic E-state index is 11.8. The van der Waals surface area contributed by atoms with Crippen molar-refractivity contribution < 1.29 is 24.5 Å². The van der Waals surface area contributed by atoms with Gasteiger partial charge in [0.05, 0.1) is 12.7 Å². The maximum absolute atomic E-state index is 11.8. The van der Waals surface area contributed by atoms with Crippen LogP contribution in [0, 0.1) is 0 Å². The molecule has 0 bridgehead atoms. The molecule has 0 spiro atoms. The van der Waals surface area contributed by atoms with Gasteiger partial charge in [-0.15, -0.1) is 0 Å². The fourth-order valence-electron chi connectivity index (χ4n) is 2.17. The first-order valence-corrected chi connectivity index (χ1v) is 5.63. The zero-order chi connectivity index (χ0) is 13.6. The van der Waals surface area contributed by atoms with Crippen molar-refractivity contribution in [3.8, 4) is 0 Å². The molecule has 3 aliphatic heterocycles. The molecular weight excluding hydrogens is 256 g/mol. The van der Waals surface area contributed by atoms with Crippen LogP contribution < -0.4 is 0 Å². The topological polar surface area (TPSA) is 124 Å². The van der Waals surface area contributed by atoms with E-state index in [1.54, 1.807) is 0 Å². The molecule has 19 heavy (non-hydrogen) atoms. The third-order valence-corrected chi connectivity index (χ3v) is 3.08. The minimum Gasteiger partial charge on any atom is -0.394 e.